The smallest absolute Gasteiger partial charge is 0.310 e. The van der Waals surface area contributed by atoms with Gasteiger partial charge < -0.3 is 15.3 Å². The number of hydrogen-bond donors (Lipinski definition) is 2. The summed E-state index contributed by atoms with van der Waals surface area (Å²) in [5.41, 5.74) is 0.230. The largest absolute Gasteiger partial charge is 0.481 e. The number of halogens is 1. The molecule has 0 radical (unpaired) electrons. The van der Waals surface area contributed by atoms with E-state index in [-0.39, 0.29) is 5.91 Å². The quantitative estimate of drug-likeness (QED) is 0.791. The van der Waals surface area contributed by atoms with Gasteiger partial charge in [-0.15, -0.1) is 0 Å². The Balaban J connectivity index is 1.79. The van der Waals surface area contributed by atoms with Gasteiger partial charge in [-0.3, -0.25) is 9.59 Å². The number of aliphatic carboxylic acids is 1. The van der Waals surface area contributed by atoms with Gasteiger partial charge in [-0.1, -0.05) is 36.7 Å². The van der Waals surface area contributed by atoms with Crippen molar-refractivity contribution in [1.82, 2.24) is 10.2 Å². The van der Waals surface area contributed by atoms with Gasteiger partial charge in [0, 0.05) is 31.1 Å². The van der Waals surface area contributed by atoms with Crippen LogP contribution in [-0.2, 0) is 16.1 Å². The molecule has 24 heavy (non-hydrogen) atoms. The molecule has 1 fully saturated rings. The van der Waals surface area contributed by atoms with Crippen molar-refractivity contribution in [3.05, 3.63) is 34.9 Å². The number of carbonyl (C=O) groups excluding carboxylic acids is 1. The Bertz CT molecular complexity index is 593. The molecule has 2 rings (SSSR count). The highest BCUT2D eigenvalue weighted by Crippen LogP contribution is 2.33. The van der Waals surface area contributed by atoms with Gasteiger partial charge in [-0.2, -0.15) is 0 Å². The van der Waals surface area contributed by atoms with Crippen LogP contribution in [-0.4, -0.2) is 41.5 Å². The molecule has 1 aromatic carbocycles. The van der Waals surface area contributed by atoms with E-state index in [1.54, 1.807) is 6.07 Å². The second-order valence-corrected chi connectivity index (χ2v) is 6.84. The first kappa shape index (κ1) is 18.7. The van der Waals surface area contributed by atoms with E-state index in [2.05, 4.69) is 10.2 Å². The zero-order valence-electron chi connectivity index (χ0n) is 14.1. The van der Waals surface area contributed by atoms with E-state index < -0.39 is 11.4 Å². The van der Waals surface area contributed by atoms with Gasteiger partial charge in [0.2, 0.25) is 5.91 Å². The van der Waals surface area contributed by atoms with Crippen molar-refractivity contribution in [3.63, 3.8) is 0 Å². The first-order valence-electron chi connectivity index (χ1n) is 8.43. The van der Waals surface area contributed by atoms with E-state index in [1.165, 1.54) is 0 Å². The number of amides is 1. The third-order valence-electron chi connectivity index (χ3n) is 4.88. The standard InChI is InChI=1S/C18H25ClN2O3/c1-2-18(17(23)24)9-5-10-21(13-18)11-8-16(22)20-12-14-6-3-4-7-15(14)19/h3-4,6-7H,2,5,8-13H2,1H3,(H,20,22)(H,23,24). The van der Waals surface area contributed by atoms with Crippen LogP contribution in [0.4, 0.5) is 0 Å². The second-order valence-electron chi connectivity index (χ2n) is 6.44. The average Bonchev–Trinajstić information content (AvgIpc) is 2.59. The molecule has 0 bridgehead atoms. The molecule has 0 aliphatic carbocycles. The molecule has 1 heterocycles. The zero-order chi connectivity index (χ0) is 17.6. The lowest BCUT2D eigenvalue weighted by atomic mass is 9.77. The van der Waals surface area contributed by atoms with E-state index in [0.29, 0.717) is 43.9 Å². The number of carboxylic acids is 1. The number of benzene rings is 1. The van der Waals surface area contributed by atoms with Gasteiger partial charge in [-0.25, -0.2) is 0 Å². The molecule has 0 aromatic heterocycles. The van der Waals surface area contributed by atoms with Crippen molar-refractivity contribution in [2.75, 3.05) is 19.6 Å². The molecule has 0 saturated carbocycles. The van der Waals surface area contributed by atoms with Crippen LogP contribution in [0.5, 0.6) is 0 Å². The summed E-state index contributed by atoms with van der Waals surface area (Å²) in [6, 6.07) is 7.42. The van der Waals surface area contributed by atoms with Crippen molar-refractivity contribution >= 4 is 23.5 Å². The maximum Gasteiger partial charge on any atom is 0.310 e. The number of carboxylic acid groups (broad SMARTS) is 1. The van der Waals surface area contributed by atoms with Crippen LogP contribution in [0.1, 0.15) is 38.2 Å². The Kier molecular flexibility index (Phi) is 6.63. The predicted octanol–water partition coefficient (Wildman–Crippen LogP) is 2.92. The normalized spacial score (nSPS) is 21.4. The summed E-state index contributed by atoms with van der Waals surface area (Å²) in [5, 5.41) is 13.0. The molecule has 1 amide bonds. The van der Waals surface area contributed by atoms with Crippen molar-refractivity contribution < 1.29 is 14.7 Å². The lowest BCUT2D eigenvalue weighted by Crippen LogP contribution is -2.48. The number of carbonyl (C=O) groups is 2. The van der Waals surface area contributed by atoms with E-state index in [4.69, 9.17) is 11.6 Å². The molecular weight excluding hydrogens is 328 g/mol. The van der Waals surface area contributed by atoms with Crippen molar-refractivity contribution in [3.8, 4) is 0 Å². The fraction of sp³-hybridized carbons (Fsp3) is 0.556. The molecule has 6 heteroatoms. The number of piperidine rings is 1. The minimum Gasteiger partial charge on any atom is -0.481 e. The Hall–Kier alpha value is -1.59. The van der Waals surface area contributed by atoms with Crippen LogP contribution >= 0.6 is 11.6 Å². The van der Waals surface area contributed by atoms with Crippen LogP contribution < -0.4 is 5.32 Å². The van der Waals surface area contributed by atoms with Crippen LogP contribution in [0.25, 0.3) is 0 Å². The van der Waals surface area contributed by atoms with Gasteiger partial charge in [0.15, 0.2) is 0 Å². The lowest BCUT2D eigenvalue weighted by Gasteiger charge is -2.39. The molecule has 1 aromatic rings. The van der Waals surface area contributed by atoms with Gasteiger partial charge in [0.25, 0.3) is 0 Å². The van der Waals surface area contributed by atoms with Crippen molar-refractivity contribution in [1.29, 1.82) is 0 Å². The Morgan fingerprint density at radius 2 is 2.12 bits per heavy atom. The third-order valence-corrected chi connectivity index (χ3v) is 5.24. The van der Waals surface area contributed by atoms with Crippen LogP contribution in [0.3, 0.4) is 0 Å². The fourth-order valence-corrected chi connectivity index (χ4v) is 3.42. The average molecular weight is 353 g/mol. The van der Waals surface area contributed by atoms with Crippen molar-refractivity contribution in [2.45, 2.75) is 39.2 Å². The highest BCUT2D eigenvalue weighted by atomic mass is 35.5. The monoisotopic (exact) mass is 352 g/mol. The first-order chi connectivity index (χ1) is 11.5. The Labute approximate surface area is 148 Å². The summed E-state index contributed by atoms with van der Waals surface area (Å²) in [4.78, 5) is 25.7. The molecule has 2 N–H and O–H groups in total. The maximum absolute atomic E-state index is 12.0. The number of nitrogens with zero attached hydrogens (tertiary/aromatic N) is 1. The van der Waals surface area contributed by atoms with Crippen LogP contribution in [0.15, 0.2) is 24.3 Å². The van der Waals surface area contributed by atoms with Gasteiger partial charge in [-0.05, 0) is 37.4 Å². The van der Waals surface area contributed by atoms with Gasteiger partial charge in [0.05, 0.1) is 5.41 Å². The van der Waals surface area contributed by atoms with E-state index in [1.807, 2.05) is 25.1 Å². The summed E-state index contributed by atoms with van der Waals surface area (Å²) < 4.78 is 0. The molecule has 1 saturated heterocycles. The number of nitrogens with one attached hydrogen (secondary N) is 1. The van der Waals surface area contributed by atoms with E-state index >= 15 is 0 Å². The molecule has 1 aliphatic rings. The Morgan fingerprint density at radius 1 is 1.38 bits per heavy atom. The lowest BCUT2D eigenvalue weighted by molar-refractivity contribution is -0.152. The maximum atomic E-state index is 12.0. The Morgan fingerprint density at radius 3 is 2.79 bits per heavy atom. The SMILES string of the molecule is CCC1(C(=O)O)CCCN(CCC(=O)NCc2ccccc2Cl)C1. The molecule has 1 unspecified atom stereocenters. The molecule has 0 spiro atoms. The third kappa shape index (κ3) is 4.71. The summed E-state index contributed by atoms with van der Waals surface area (Å²) in [6.45, 7) is 4.30. The molecule has 1 aliphatic heterocycles. The van der Waals surface area contributed by atoms with Crippen LogP contribution in [0, 0.1) is 5.41 Å². The predicted molar refractivity (Wildman–Crippen MR) is 93.9 cm³/mol. The first-order valence-corrected chi connectivity index (χ1v) is 8.80. The summed E-state index contributed by atoms with van der Waals surface area (Å²) in [5.74, 6) is -0.768. The molecular formula is C18H25ClN2O3. The molecule has 5 nitrogen and oxygen atoms in total. The molecule has 132 valence electrons. The van der Waals surface area contributed by atoms with Crippen LogP contribution in [0.2, 0.25) is 5.02 Å². The summed E-state index contributed by atoms with van der Waals surface area (Å²) >= 11 is 6.07. The minimum atomic E-state index is -0.724. The van der Waals surface area contributed by atoms with Gasteiger partial charge >= 0.3 is 5.97 Å². The minimum absolute atomic E-state index is 0.0436. The number of likely N-dealkylation sites (tertiary alicyclic amines) is 1. The van der Waals surface area contributed by atoms with E-state index in [9.17, 15) is 14.7 Å². The summed E-state index contributed by atoms with van der Waals surface area (Å²) in [7, 11) is 0. The highest BCUT2D eigenvalue weighted by Gasteiger charge is 2.40. The second kappa shape index (κ2) is 8.49. The summed E-state index contributed by atoms with van der Waals surface area (Å²) in [6.07, 6.45) is 2.57. The topological polar surface area (TPSA) is 69.6 Å². The number of hydrogen-bond acceptors (Lipinski definition) is 3. The zero-order valence-corrected chi connectivity index (χ0v) is 14.8. The van der Waals surface area contributed by atoms with Crippen molar-refractivity contribution in [2.24, 2.45) is 5.41 Å². The fourth-order valence-electron chi connectivity index (χ4n) is 3.22. The van der Waals surface area contributed by atoms with E-state index in [0.717, 1.165) is 18.5 Å². The molecule has 1 atom stereocenters. The van der Waals surface area contributed by atoms with Gasteiger partial charge in [0.1, 0.15) is 0 Å². The highest BCUT2D eigenvalue weighted by molar-refractivity contribution is 6.31. The number of rotatable bonds is 7.